The lowest BCUT2D eigenvalue weighted by Crippen LogP contribution is -2.19. The number of fused-ring (bicyclic) bond motifs is 1. The zero-order valence-electron chi connectivity index (χ0n) is 22.2. The van der Waals surface area contributed by atoms with E-state index in [0.29, 0.717) is 10.8 Å². The summed E-state index contributed by atoms with van der Waals surface area (Å²) in [5, 5.41) is 1.02. The number of alkyl halides is 3. The summed E-state index contributed by atoms with van der Waals surface area (Å²) in [5.41, 5.74) is 1.08. The van der Waals surface area contributed by atoms with Gasteiger partial charge in [0.2, 0.25) is 0 Å². The molecular weight excluding hydrogens is 461 g/mol. The molecule has 0 unspecified atom stereocenters. The molecule has 5 nitrogen and oxygen atoms in total. The van der Waals surface area contributed by atoms with Crippen LogP contribution in [-0.4, -0.2) is 56.9 Å². The van der Waals surface area contributed by atoms with Crippen molar-refractivity contribution in [3.8, 4) is 0 Å². The highest BCUT2D eigenvalue weighted by Crippen LogP contribution is 2.31. The van der Waals surface area contributed by atoms with E-state index < -0.39 is 6.18 Å². The average molecular weight is 503 g/mol. The summed E-state index contributed by atoms with van der Waals surface area (Å²) in [6, 6.07) is 3.88. The van der Waals surface area contributed by atoms with Crippen molar-refractivity contribution in [2.75, 3.05) is 33.1 Å². The van der Waals surface area contributed by atoms with Crippen molar-refractivity contribution in [2.24, 2.45) is 10.9 Å². The Hall–Kier alpha value is -2.68. The summed E-state index contributed by atoms with van der Waals surface area (Å²) in [7, 11) is 7.37. The van der Waals surface area contributed by atoms with E-state index in [-0.39, 0.29) is 12.8 Å². The molecule has 194 valence electrons. The Balaban J connectivity index is -0.000000529. The average Bonchev–Trinajstić information content (AvgIpc) is 3.18. The van der Waals surface area contributed by atoms with Gasteiger partial charge in [0.15, 0.2) is 0 Å². The largest absolute Gasteiger partial charge is 0.386 e. The number of allylic oxidation sites excluding steroid dienone is 2. The second kappa shape index (κ2) is 19.8. The summed E-state index contributed by atoms with van der Waals surface area (Å²) in [6.07, 6.45) is 3.29. The molecule has 9 heteroatoms. The zero-order chi connectivity index (χ0) is 27.5. The van der Waals surface area contributed by atoms with Gasteiger partial charge in [-0.05, 0) is 31.7 Å². The number of hydrogen-bond acceptors (Lipinski definition) is 5. The maximum Gasteiger partial charge on any atom is 0.386 e. The molecule has 34 heavy (non-hydrogen) atoms. The molecule has 2 heterocycles. The molecule has 2 aromatic rings. The van der Waals surface area contributed by atoms with Crippen molar-refractivity contribution in [1.82, 2.24) is 9.88 Å². The lowest BCUT2D eigenvalue weighted by atomic mass is 10.2. The first kappa shape index (κ1) is 35.9. The molecule has 0 aliphatic rings. The van der Waals surface area contributed by atoms with Crippen LogP contribution in [0.3, 0.4) is 0 Å². The molecule has 0 atom stereocenters. The topological polar surface area (TPSA) is 48.8 Å². The predicted octanol–water partition coefficient (Wildman–Crippen LogP) is 7.71. The van der Waals surface area contributed by atoms with E-state index in [1.807, 2.05) is 64.1 Å². The van der Waals surface area contributed by atoms with Crippen molar-refractivity contribution < 1.29 is 18.0 Å². The first-order chi connectivity index (χ1) is 15.7. The van der Waals surface area contributed by atoms with Crippen LogP contribution in [0.25, 0.3) is 10.2 Å². The Bertz CT molecular complexity index is 853. The van der Waals surface area contributed by atoms with Crippen LogP contribution in [0, 0.1) is 5.92 Å². The number of amides is 1. The van der Waals surface area contributed by atoms with Gasteiger partial charge in [-0.3, -0.25) is 4.79 Å². The smallest absolute Gasteiger partial charge is 0.377 e. The van der Waals surface area contributed by atoms with E-state index in [0.717, 1.165) is 15.9 Å². The van der Waals surface area contributed by atoms with Crippen molar-refractivity contribution in [3.05, 3.63) is 48.1 Å². The zero-order valence-corrected chi connectivity index (χ0v) is 23.0. The number of thiophene rings is 1. The van der Waals surface area contributed by atoms with Crippen LogP contribution < -0.4 is 4.90 Å². The molecule has 1 amide bonds. The maximum absolute atomic E-state index is 12.2. The van der Waals surface area contributed by atoms with Crippen LogP contribution in [0.4, 0.5) is 18.9 Å². The number of halogens is 3. The molecule has 0 aromatic carbocycles. The minimum atomic E-state index is -4.00. The summed E-state index contributed by atoms with van der Waals surface area (Å²) < 4.78 is 31.1. The molecule has 0 radical (unpaired) electrons. The summed E-state index contributed by atoms with van der Waals surface area (Å²) in [5.74, 6) is 0.640. The molecular formula is C25H41F3N4OS. The minimum Gasteiger partial charge on any atom is -0.377 e. The Morgan fingerprint density at radius 3 is 2.03 bits per heavy atom. The Morgan fingerprint density at radius 2 is 1.68 bits per heavy atom. The molecule has 0 spiro atoms. The first-order valence-corrected chi connectivity index (χ1v) is 11.5. The fraction of sp³-hybridized carbons (Fsp3) is 0.480. The summed E-state index contributed by atoms with van der Waals surface area (Å²) in [6.45, 7) is 17.0. The van der Waals surface area contributed by atoms with E-state index in [1.165, 1.54) is 11.3 Å². The molecule has 0 saturated heterocycles. The number of hydrogen-bond donors (Lipinski definition) is 0. The van der Waals surface area contributed by atoms with Crippen LogP contribution in [0.2, 0.25) is 0 Å². The van der Waals surface area contributed by atoms with E-state index in [4.69, 9.17) is 0 Å². The van der Waals surface area contributed by atoms with Crippen LogP contribution in [-0.2, 0) is 0 Å². The van der Waals surface area contributed by atoms with Gasteiger partial charge in [-0.2, -0.15) is 13.2 Å². The number of pyridine rings is 1. The van der Waals surface area contributed by atoms with E-state index in [1.54, 1.807) is 31.4 Å². The summed E-state index contributed by atoms with van der Waals surface area (Å²) >= 11 is 1.43. The van der Waals surface area contributed by atoms with Crippen molar-refractivity contribution in [2.45, 2.75) is 47.7 Å². The molecule has 0 fully saturated rings. The second-order valence-electron chi connectivity index (χ2n) is 7.03. The Labute approximate surface area is 207 Å². The third-order valence-corrected chi connectivity index (χ3v) is 4.30. The Kier molecular flexibility index (Phi) is 20.9. The minimum absolute atomic E-state index is 0.00851. The number of rotatable bonds is 4. The lowest BCUT2D eigenvalue weighted by molar-refractivity contribution is -0.110. The van der Waals surface area contributed by atoms with Crippen molar-refractivity contribution >= 4 is 39.9 Å². The number of nitrogens with zero attached hydrogens (tertiary/aromatic N) is 4. The van der Waals surface area contributed by atoms with Gasteiger partial charge in [0.1, 0.15) is 4.83 Å². The fourth-order valence-electron chi connectivity index (χ4n) is 1.89. The van der Waals surface area contributed by atoms with Gasteiger partial charge in [0, 0.05) is 58.6 Å². The van der Waals surface area contributed by atoms with Gasteiger partial charge in [-0.15, -0.1) is 17.9 Å². The van der Waals surface area contributed by atoms with Crippen LogP contribution >= 0.6 is 11.3 Å². The van der Waals surface area contributed by atoms with Crippen LogP contribution in [0.1, 0.15) is 51.2 Å². The van der Waals surface area contributed by atoms with Gasteiger partial charge in [-0.25, -0.2) is 4.98 Å². The van der Waals surface area contributed by atoms with E-state index >= 15 is 0 Å². The third kappa shape index (κ3) is 17.8. The number of carbonyl (C=O) groups is 1. The van der Waals surface area contributed by atoms with Crippen molar-refractivity contribution in [1.29, 1.82) is 0 Å². The number of aliphatic imine (C=N–C) groups is 1. The number of carbonyl (C=O) groups excluding carboxylic acids is 1. The van der Waals surface area contributed by atoms with Crippen LogP contribution in [0.15, 0.2) is 48.3 Å². The highest BCUT2D eigenvalue weighted by molar-refractivity contribution is 7.20. The van der Waals surface area contributed by atoms with Crippen LogP contribution in [0.5, 0.6) is 0 Å². The number of aromatic nitrogens is 1. The molecule has 2 rings (SSSR count). The Morgan fingerprint density at radius 1 is 1.24 bits per heavy atom. The highest BCUT2D eigenvalue weighted by atomic mass is 32.1. The SMILES string of the molecule is C/C=C/N(C)C(=O)c1cc2c(N(C)C)ccnc2s1.C=CC(C)C.C=NC.CC.CC(F)(F)F. The molecule has 0 bridgehead atoms. The lowest BCUT2D eigenvalue weighted by Gasteiger charge is -2.12. The fourth-order valence-corrected chi connectivity index (χ4v) is 2.89. The predicted molar refractivity (Wildman–Crippen MR) is 144 cm³/mol. The second-order valence-corrected chi connectivity index (χ2v) is 8.06. The maximum atomic E-state index is 12.2. The first-order valence-electron chi connectivity index (χ1n) is 10.7. The molecule has 0 aliphatic carbocycles. The van der Waals surface area contributed by atoms with Gasteiger partial charge in [-0.1, -0.05) is 39.8 Å². The third-order valence-electron chi connectivity index (χ3n) is 3.27. The molecule has 2 aromatic heterocycles. The van der Waals surface area contributed by atoms with E-state index in [9.17, 15) is 18.0 Å². The molecule has 0 N–H and O–H groups in total. The molecule has 0 saturated carbocycles. The van der Waals surface area contributed by atoms with Gasteiger partial charge in [0.25, 0.3) is 5.91 Å². The number of anilines is 1. The van der Waals surface area contributed by atoms with Crippen molar-refractivity contribution in [3.63, 3.8) is 0 Å². The summed E-state index contributed by atoms with van der Waals surface area (Å²) in [4.78, 5) is 25.0. The van der Waals surface area contributed by atoms with Gasteiger partial charge >= 0.3 is 6.18 Å². The standard InChI is InChI=1S/C14H17N3OS.C5H10.C2H3F3.C2H5N.C2H6/c1-5-8-17(4)14(18)12-9-10-11(16(2)3)6-7-15-13(10)19-12;1-4-5(2)3;1-2(3,4)5;1-3-2;1-2/h5-9H,1-4H3;4-5H,1H2,2-3H3;1H3;1H2,2H3;1-2H3/b8-5+;;;;. The highest BCUT2D eigenvalue weighted by Gasteiger charge is 2.16. The normalized spacial score (nSPS) is 9.82. The van der Waals surface area contributed by atoms with E-state index in [2.05, 4.69) is 37.1 Å². The molecule has 0 aliphatic heterocycles. The quantitative estimate of drug-likeness (QED) is 0.318. The van der Waals surface area contributed by atoms with Gasteiger partial charge < -0.3 is 14.8 Å². The van der Waals surface area contributed by atoms with Gasteiger partial charge in [0.05, 0.1) is 4.88 Å². The monoisotopic (exact) mass is 502 g/mol.